The van der Waals surface area contributed by atoms with Crippen LogP contribution in [-0.4, -0.2) is 23.9 Å². The first-order chi connectivity index (χ1) is 4.68. The Morgan fingerprint density at radius 3 is 2.60 bits per heavy atom. The first kappa shape index (κ1) is 8.02. The van der Waals surface area contributed by atoms with Gasteiger partial charge < -0.3 is 9.84 Å². The lowest BCUT2D eigenvalue weighted by Gasteiger charge is -2.10. The van der Waals surface area contributed by atoms with Crippen molar-refractivity contribution in [1.82, 2.24) is 0 Å². The highest BCUT2D eigenvalue weighted by molar-refractivity contribution is 4.73. The Labute approximate surface area is 62.2 Å². The minimum atomic E-state index is -0.146. The van der Waals surface area contributed by atoms with E-state index in [1.165, 1.54) is 0 Å². The number of epoxide rings is 1. The molecule has 1 aliphatic heterocycles. The molecule has 0 aromatic carbocycles. The molecule has 0 aliphatic carbocycles. The van der Waals surface area contributed by atoms with Gasteiger partial charge in [0.05, 0.1) is 18.8 Å². The van der Waals surface area contributed by atoms with Gasteiger partial charge in [0.2, 0.25) is 0 Å². The van der Waals surface area contributed by atoms with Crippen LogP contribution in [0.4, 0.5) is 0 Å². The van der Waals surface area contributed by atoms with Gasteiger partial charge in [-0.15, -0.1) is 0 Å². The fraction of sp³-hybridized carbons (Fsp3) is 1.00. The van der Waals surface area contributed by atoms with E-state index in [1.807, 2.05) is 0 Å². The topological polar surface area (TPSA) is 32.8 Å². The summed E-state index contributed by atoms with van der Waals surface area (Å²) in [5, 5.41) is 9.35. The highest BCUT2D eigenvalue weighted by Gasteiger charge is 2.25. The van der Waals surface area contributed by atoms with E-state index < -0.39 is 0 Å². The third kappa shape index (κ3) is 3.18. The van der Waals surface area contributed by atoms with Crippen LogP contribution in [0, 0.1) is 5.92 Å². The highest BCUT2D eigenvalue weighted by atomic mass is 16.6. The monoisotopic (exact) mass is 144 g/mol. The van der Waals surface area contributed by atoms with Crippen LogP contribution in [0.3, 0.4) is 0 Å². The smallest absolute Gasteiger partial charge is 0.0834 e. The molecular formula is C8H16O2. The first-order valence-corrected chi connectivity index (χ1v) is 3.98. The molecule has 1 saturated heterocycles. The molecule has 2 nitrogen and oxygen atoms in total. The predicted octanol–water partition coefficient (Wildman–Crippen LogP) is 1.18. The number of hydrogen-bond donors (Lipinski definition) is 1. The number of aliphatic hydroxyl groups excluding tert-OH is 1. The Balaban J connectivity index is 2.02. The van der Waals surface area contributed by atoms with E-state index in [2.05, 4.69) is 13.8 Å². The van der Waals surface area contributed by atoms with E-state index in [0.29, 0.717) is 12.0 Å². The summed E-state index contributed by atoms with van der Waals surface area (Å²) in [5.74, 6) is 0.591. The van der Waals surface area contributed by atoms with E-state index in [1.54, 1.807) is 0 Å². The van der Waals surface area contributed by atoms with Crippen LogP contribution in [0.1, 0.15) is 26.7 Å². The average molecular weight is 144 g/mol. The second kappa shape index (κ2) is 3.35. The summed E-state index contributed by atoms with van der Waals surface area (Å²) in [6, 6.07) is 0. The molecule has 2 atom stereocenters. The summed E-state index contributed by atoms with van der Waals surface area (Å²) in [6.45, 7) is 5.10. The molecule has 0 radical (unpaired) electrons. The minimum absolute atomic E-state index is 0.146. The molecular weight excluding hydrogens is 128 g/mol. The van der Waals surface area contributed by atoms with Crippen molar-refractivity contribution in [3.63, 3.8) is 0 Å². The first-order valence-electron chi connectivity index (χ1n) is 3.98. The molecule has 10 heavy (non-hydrogen) atoms. The van der Waals surface area contributed by atoms with E-state index in [-0.39, 0.29) is 6.10 Å². The maximum Gasteiger partial charge on any atom is 0.0834 e. The second-order valence-electron chi connectivity index (χ2n) is 3.47. The van der Waals surface area contributed by atoms with Crippen molar-refractivity contribution < 1.29 is 9.84 Å². The van der Waals surface area contributed by atoms with Crippen LogP contribution in [0.15, 0.2) is 0 Å². The molecule has 0 aromatic rings. The van der Waals surface area contributed by atoms with Crippen molar-refractivity contribution in [2.45, 2.75) is 38.9 Å². The summed E-state index contributed by atoms with van der Waals surface area (Å²) in [5.41, 5.74) is 0. The van der Waals surface area contributed by atoms with Crippen LogP contribution in [0.2, 0.25) is 0 Å². The van der Waals surface area contributed by atoms with Gasteiger partial charge in [-0.2, -0.15) is 0 Å². The lowest BCUT2D eigenvalue weighted by Crippen LogP contribution is -2.12. The third-order valence-electron chi connectivity index (χ3n) is 1.68. The largest absolute Gasteiger partial charge is 0.393 e. The molecule has 1 fully saturated rings. The van der Waals surface area contributed by atoms with E-state index in [4.69, 9.17) is 4.74 Å². The van der Waals surface area contributed by atoms with Gasteiger partial charge >= 0.3 is 0 Å². The zero-order valence-electron chi connectivity index (χ0n) is 6.71. The normalized spacial score (nSPS) is 27.0. The van der Waals surface area contributed by atoms with Crippen LogP contribution in [-0.2, 0) is 4.74 Å². The minimum Gasteiger partial charge on any atom is -0.393 e. The number of ether oxygens (including phenoxy) is 1. The molecule has 0 bridgehead atoms. The summed E-state index contributed by atoms with van der Waals surface area (Å²) < 4.78 is 5.00. The summed E-state index contributed by atoms with van der Waals surface area (Å²) in [6.07, 6.45) is 1.96. The molecule has 60 valence electrons. The predicted molar refractivity (Wildman–Crippen MR) is 39.8 cm³/mol. The van der Waals surface area contributed by atoms with Crippen molar-refractivity contribution in [3.8, 4) is 0 Å². The molecule has 2 heteroatoms. The lowest BCUT2D eigenvalue weighted by molar-refractivity contribution is 0.129. The Kier molecular flexibility index (Phi) is 2.69. The third-order valence-corrected chi connectivity index (χ3v) is 1.68. The SMILES string of the molecule is CC(C)CC(O)CC1CO1. The van der Waals surface area contributed by atoms with Gasteiger partial charge in [0, 0.05) is 6.42 Å². The highest BCUT2D eigenvalue weighted by Crippen LogP contribution is 2.18. The maximum atomic E-state index is 9.35. The Hall–Kier alpha value is -0.0800. The summed E-state index contributed by atoms with van der Waals surface area (Å²) in [7, 11) is 0. The quantitative estimate of drug-likeness (QED) is 0.601. The van der Waals surface area contributed by atoms with Gasteiger partial charge in [-0.05, 0) is 12.3 Å². The van der Waals surface area contributed by atoms with Crippen molar-refractivity contribution >= 4 is 0 Å². The van der Waals surface area contributed by atoms with Gasteiger partial charge in [0.15, 0.2) is 0 Å². The molecule has 0 amide bonds. The standard InChI is InChI=1S/C8H16O2/c1-6(2)3-7(9)4-8-5-10-8/h6-9H,3-5H2,1-2H3. The summed E-state index contributed by atoms with van der Waals surface area (Å²) >= 11 is 0. The van der Waals surface area contributed by atoms with Crippen molar-refractivity contribution in [2.24, 2.45) is 5.92 Å². The molecule has 1 N–H and O–H groups in total. The molecule has 0 aromatic heterocycles. The molecule has 1 heterocycles. The van der Waals surface area contributed by atoms with Crippen LogP contribution in [0.25, 0.3) is 0 Å². The number of rotatable bonds is 4. The zero-order valence-corrected chi connectivity index (χ0v) is 6.71. The van der Waals surface area contributed by atoms with Crippen molar-refractivity contribution in [1.29, 1.82) is 0 Å². The fourth-order valence-corrected chi connectivity index (χ4v) is 1.15. The van der Waals surface area contributed by atoms with Gasteiger partial charge in [-0.25, -0.2) is 0 Å². The van der Waals surface area contributed by atoms with Crippen molar-refractivity contribution in [2.75, 3.05) is 6.61 Å². The fourth-order valence-electron chi connectivity index (χ4n) is 1.15. The van der Waals surface area contributed by atoms with Crippen LogP contribution < -0.4 is 0 Å². The second-order valence-corrected chi connectivity index (χ2v) is 3.47. The molecule has 1 rings (SSSR count). The Morgan fingerprint density at radius 2 is 2.20 bits per heavy atom. The number of hydrogen-bond acceptors (Lipinski definition) is 2. The molecule has 2 unspecified atom stereocenters. The maximum absolute atomic E-state index is 9.35. The van der Waals surface area contributed by atoms with Gasteiger partial charge in [0.25, 0.3) is 0 Å². The van der Waals surface area contributed by atoms with Gasteiger partial charge in [0.1, 0.15) is 0 Å². The van der Waals surface area contributed by atoms with E-state index >= 15 is 0 Å². The van der Waals surface area contributed by atoms with E-state index in [9.17, 15) is 5.11 Å². The Morgan fingerprint density at radius 1 is 1.60 bits per heavy atom. The summed E-state index contributed by atoms with van der Waals surface area (Å²) in [4.78, 5) is 0. The van der Waals surface area contributed by atoms with Gasteiger partial charge in [-0.1, -0.05) is 13.8 Å². The van der Waals surface area contributed by atoms with Crippen LogP contribution in [0.5, 0.6) is 0 Å². The van der Waals surface area contributed by atoms with Crippen LogP contribution >= 0.6 is 0 Å². The Bertz CT molecular complexity index is 93.4. The molecule has 0 spiro atoms. The number of aliphatic hydroxyl groups is 1. The van der Waals surface area contributed by atoms with E-state index in [0.717, 1.165) is 19.4 Å². The lowest BCUT2D eigenvalue weighted by atomic mass is 10.0. The van der Waals surface area contributed by atoms with Gasteiger partial charge in [-0.3, -0.25) is 0 Å². The zero-order chi connectivity index (χ0) is 7.56. The van der Waals surface area contributed by atoms with Crippen molar-refractivity contribution in [3.05, 3.63) is 0 Å². The average Bonchev–Trinajstić information content (AvgIpc) is 2.46. The molecule has 0 saturated carbocycles. The molecule has 1 aliphatic rings.